The number of hydrogen-bond donors (Lipinski definition) is 3. The number of aromatic nitrogens is 1. The molecule has 4 aromatic rings. The second-order valence-corrected chi connectivity index (χ2v) is 11.3. The van der Waals surface area contributed by atoms with Gasteiger partial charge >= 0.3 is 12.1 Å². The molecule has 1 heterocycles. The van der Waals surface area contributed by atoms with E-state index in [1.54, 1.807) is 20.8 Å². The van der Waals surface area contributed by atoms with Gasteiger partial charge in [0.15, 0.2) is 28.7 Å². The molecule has 1 unspecified atom stereocenters. The fourth-order valence-electron chi connectivity index (χ4n) is 3.98. The average Bonchev–Trinajstić information content (AvgIpc) is 3.27. The Morgan fingerprint density at radius 1 is 0.946 bits per heavy atom. The zero-order valence-corrected chi connectivity index (χ0v) is 21.9. The van der Waals surface area contributed by atoms with Crippen LogP contribution in [-0.2, 0) is 26.5 Å². The van der Waals surface area contributed by atoms with Gasteiger partial charge in [-0.2, -0.15) is 4.55 Å². The number of nitrogens with zero attached hydrogens (tertiary/aromatic N) is 1. The van der Waals surface area contributed by atoms with Crippen LogP contribution in [0, 0.1) is 0 Å². The Kier molecular flexibility index (Phi) is 7.90. The third-order valence-electron chi connectivity index (χ3n) is 5.71. The van der Waals surface area contributed by atoms with Crippen LogP contribution < -0.4 is 5.32 Å². The van der Waals surface area contributed by atoms with Gasteiger partial charge in [-0.3, -0.25) is 0 Å². The molecule has 192 valence electrons. The third kappa shape index (κ3) is 6.93. The molecule has 0 aliphatic carbocycles. The quantitative estimate of drug-likeness (QED) is 0.253. The van der Waals surface area contributed by atoms with E-state index in [0.29, 0.717) is 5.75 Å². The average molecular weight is 520 g/mol. The number of aliphatic carboxylic acids is 1. The van der Waals surface area contributed by atoms with E-state index in [4.69, 9.17) is 4.74 Å². The Labute approximate surface area is 219 Å². The number of amides is 1. The number of alkyl carbamates (subject to hydrolysis) is 1. The molecule has 0 saturated heterocycles. The van der Waals surface area contributed by atoms with Crippen LogP contribution >= 0.6 is 0 Å². The summed E-state index contributed by atoms with van der Waals surface area (Å²) in [7, 11) is 0. The Balaban J connectivity index is 1.37. The fraction of sp³-hybridized carbons (Fsp3) is 0.241. The minimum Gasteiger partial charge on any atom is -0.480 e. The zero-order chi connectivity index (χ0) is 26.6. The summed E-state index contributed by atoms with van der Waals surface area (Å²) in [4.78, 5) is 23.5. The van der Waals surface area contributed by atoms with Gasteiger partial charge in [0.2, 0.25) is 0 Å². The van der Waals surface area contributed by atoms with Crippen molar-refractivity contribution in [3.05, 3.63) is 90.6 Å². The highest BCUT2D eigenvalue weighted by atomic mass is 32.2. The summed E-state index contributed by atoms with van der Waals surface area (Å²) in [6.07, 6.45) is 1.25. The molecule has 4 rings (SSSR count). The molecule has 0 spiro atoms. The lowest BCUT2D eigenvalue weighted by molar-refractivity contribution is -0.138. The molecule has 3 aromatic carbocycles. The normalized spacial score (nSPS) is 13.2. The lowest BCUT2D eigenvalue weighted by Crippen LogP contribution is -2.47. The number of rotatable bonds is 8. The first-order valence-electron chi connectivity index (χ1n) is 11.9. The van der Waals surface area contributed by atoms with Crippen molar-refractivity contribution in [3.63, 3.8) is 0 Å². The van der Waals surface area contributed by atoms with Crippen LogP contribution in [0.5, 0.6) is 0 Å². The van der Waals surface area contributed by atoms with Crippen molar-refractivity contribution in [3.8, 4) is 16.8 Å². The zero-order valence-electron chi connectivity index (χ0n) is 21.0. The predicted octanol–water partition coefficient (Wildman–Crippen LogP) is 5.87. The first-order chi connectivity index (χ1) is 17.6. The smallest absolute Gasteiger partial charge is 0.408 e. The fourth-order valence-corrected chi connectivity index (χ4v) is 5.29. The third-order valence-corrected chi connectivity index (χ3v) is 7.10. The number of carbonyl (C=O) groups excluding carboxylic acids is 1. The van der Waals surface area contributed by atoms with Gasteiger partial charge in [-0.1, -0.05) is 54.6 Å². The minimum atomic E-state index is -1.25. The molecule has 0 fully saturated rings. The van der Waals surface area contributed by atoms with E-state index in [-0.39, 0.29) is 5.75 Å². The van der Waals surface area contributed by atoms with Gasteiger partial charge in [-0.15, -0.1) is 0 Å². The number of ether oxygens (including phenoxy) is 1. The molecule has 0 bridgehead atoms. The first kappa shape index (κ1) is 26.3. The van der Waals surface area contributed by atoms with Crippen LogP contribution in [-0.4, -0.2) is 43.7 Å². The summed E-state index contributed by atoms with van der Waals surface area (Å²) in [6, 6.07) is 25.3. The molecule has 0 aliphatic heterocycles. The summed E-state index contributed by atoms with van der Waals surface area (Å²) in [5.41, 5.74) is 4.49. The maximum Gasteiger partial charge on any atom is 0.408 e. The Hall–Kier alpha value is -3.75. The monoisotopic (exact) mass is 519 g/mol. The van der Waals surface area contributed by atoms with Gasteiger partial charge in [-0.05, 0) is 61.5 Å². The van der Waals surface area contributed by atoms with Crippen LogP contribution in [0.2, 0.25) is 0 Å². The number of carboxylic acid groups (broad SMARTS) is 1. The largest absolute Gasteiger partial charge is 0.480 e. The van der Waals surface area contributed by atoms with E-state index in [0.717, 1.165) is 27.9 Å². The highest BCUT2D eigenvalue weighted by Gasteiger charge is 2.31. The van der Waals surface area contributed by atoms with Crippen molar-refractivity contribution in [1.82, 2.24) is 9.88 Å². The second kappa shape index (κ2) is 11.1. The molecule has 3 N–H and O–H groups in total. The van der Waals surface area contributed by atoms with E-state index in [1.807, 2.05) is 36.4 Å². The Morgan fingerprint density at radius 3 is 2.19 bits per heavy atom. The van der Waals surface area contributed by atoms with Crippen LogP contribution in [0.1, 0.15) is 26.3 Å². The van der Waals surface area contributed by atoms with Gasteiger partial charge in [-0.25, -0.2) is 9.59 Å². The molecule has 7 nitrogen and oxygen atoms in total. The summed E-state index contributed by atoms with van der Waals surface area (Å²) in [5.74, 6) is -1.03. The number of carboxylic acids is 1. The topological polar surface area (TPSA) is 101 Å². The summed E-state index contributed by atoms with van der Waals surface area (Å²) in [6.45, 7) is 5.09. The van der Waals surface area contributed by atoms with Crippen molar-refractivity contribution >= 4 is 34.1 Å². The molecule has 0 aliphatic rings. The standard InChI is InChI=1S/C29H30N2O5S/c1-29(2,3)36-28(34)30-25(27(32)33)19-37(35)18-20-8-10-21(11-9-20)22-12-14-24(15-13-22)31-17-16-23-6-4-5-7-26(23)31/h4-17,25,35H,18-19H2,1-3H3,(H-,30,32,33,34)/p+1/t25-,37?/m0/s1. The number of nitrogens with one attached hydrogen (secondary N) is 1. The highest BCUT2D eigenvalue weighted by Crippen LogP contribution is 2.25. The maximum absolute atomic E-state index is 12.0. The van der Waals surface area contributed by atoms with Crippen molar-refractivity contribution in [2.75, 3.05) is 5.75 Å². The SMILES string of the molecule is CC(C)(C)OC(=O)N[C@@H](C[S+](O)Cc1ccc(-c2ccc(-n3ccc4ccccc43)cc2)cc1)C(=O)O. The summed E-state index contributed by atoms with van der Waals surface area (Å²) < 4.78 is 17.8. The number of carbonyl (C=O) groups is 2. The highest BCUT2D eigenvalue weighted by molar-refractivity contribution is 7.90. The molecular formula is C29H31N2O5S+. The molecule has 0 saturated carbocycles. The molecular weight excluding hydrogens is 488 g/mol. The van der Waals surface area contributed by atoms with Gasteiger partial charge in [0.25, 0.3) is 0 Å². The maximum atomic E-state index is 12.0. The lowest BCUT2D eigenvalue weighted by Gasteiger charge is -2.21. The van der Waals surface area contributed by atoms with Gasteiger partial charge in [0.05, 0.1) is 5.52 Å². The van der Waals surface area contributed by atoms with E-state index < -0.39 is 34.9 Å². The molecule has 2 atom stereocenters. The predicted molar refractivity (Wildman–Crippen MR) is 148 cm³/mol. The van der Waals surface area contributed by atoms with Crippen molar-refractivity contribution in [2.24, 2.45) is 0 Å². The molecule has 1 aromatic heterocycles. The molecule has 1 amide bonds. The molecule has 0 radical (unpaired) electrons. The Morgan fingerprint density at radius 2 is 1.57 bits per heavy atom. The van der Waals surface area contributed by atoms with Crippen molar-refractivity contribution in [2.45, 2.75) is 38.2 Å². The number of para-hydroxylation sites is 1. The van der Waals surface area contributed by atoms with E-state index in [9.17, 15) is 19.2 Å². The van der Waals surface area contributed by atoms with Gasteiger partial charge in [0, 0.05) is 17.4 Å². The minimum absolute atomic E-state index is 0.105. The lowest BCUT2D eigenvalue weighted by atomic mass is 10.0. The molecule has 37 heavy (non-hydrogen) atoms. The Bertz CT molecular complexity index is 1370. The molecule has 8 heteroatoms. The van der Waals surface area contributed by atoms with Crippen LogP contribution in [0.4, 0.5) is 4.79 Å². The van der Waals surface area contributed by atoms with E-state index in [2.05, 4.69) is 58.5 Å². The van der Waals surface area contributed by atoms with Crippen LogP contribution in [0.15, 0.2) is 85.1 Å². The van der Waals surface area contributed by atoms with E-state index in [1.165, 1.54) is 5.39 Å². The summed E-state index contributed by atoms with van der Waals surface area (Å²) >= 11 is -1.25. The van der Waals surface area contributed by atoms with Crippen molar-refractivity contribution in [1.29, 1.82) is 0 Å². The second-order valence-electron chi connectivity index (χ2n) is 9.80. The van der Waals surface area contributed by atoms with Gasteiger partial charge in [0.1, 0.15) is 5.60 Å². The summed E-state index contributed by atoms with van der Waals surface area (Å²) in [5, 5.41) is 13.0. The van der Waals surface area contributed by atoms with Crippen molar-refractivity contribution < 1.29 is 24.0 Å². The van der Waals surface area contributed by atoms with Crippen LogP contribution in [0.3, 0.4) is 0 Å². The van der Waals surface area contributed by atoms with Crippen LogP contribution in [0.25, 0.3) is 27.7 Å². The van der Waals surface area contributed by atoms with Gasteiger partial charge < -0.3 is 19.7 Å². The first-order valence-corrected chi connectivity index (χ1v) is 13.5. The number of benzene rings is 3. The number of fused-ring (bicyclic) bond motifs is 1. The van der Waals surface area contributed by atoms with E-state index >= 15 is 0 Å². The number of hydrogen-bond acceptors (Lipinski definition) is 4.